The minimum absolute atomic E-state index is 0.752. The van der Waals surface area contributed by atoms with Gasteiger partial charge in [0.25, 0.3) is 0 Å². The highest BCUT2D eigenvalue weighted by atomic mass is 27.0. The molecule has 0 aliphatic carbocycles. The van der Waals surface area contributed by atoms with E-state index in [1.165, 1.54) is 16.4 Å². The van der Waals surface area contributed by atoms with Gasteiger partial charge < -0.3 is 0 Å². The van der Waals surface area contributed by atoms with Gasteiger partial charge in [0.1, 0.15) is 0 Å². The van der Waals surface area contributed by atoms with E-state index in [0.717, 1.165) is 5.92 Å². The van der Waals surface area contributed by atoms with E-state index in [-0.39, 0.29) is 0 Å². The summed E-state index contributed by atoms with van der Waals surface area (Å²) in [5.74, 6) is 0.752. The zero-order valence-corrected chi connectivity index (χ0v) is 10.3. The second-order valence-corrected chi connectivity index (χ2v) is 4.01. The zero-order valence-electron chi connectivity index (χ0n) is 9.17. The lowest BCUT2D eigenvalue weighted by Crippen LogP contribution is -2.04. The van der Waals surface area contributed by atoms with E-state index < -0.39 is 0 Å². The SMILES string of the molecule is CC.CC(C)Cc1ccc[c]([Al])c1. The molecular weight excluding hydrogens is 171 g/mol. The zero-order chi connectivity index (χ0) is 10.3. The molecule has 1 aromatic carbocycles. The Labute approximate surface area is 90.8 Å². The summed E-state index contributed by atoms with van der Waals surface area (Å²) in [5.41, 5.74) is 1.44. The second-order valence-electron chi connectivity index (χ2n) is 3.34. The summed E-state index contributed by atoms with van der Waals surface area (Å²) in [4.78, 5) is 0. The molecule has 0 amide bonds. The van der Waals surface area contributed by atoms with Crippen LogP contribution in [0.15, 0.2) is 24.3 Å². The van der Waals surface area contributed by atoms with Crippen molar-refractivity contribution in [3.63, 3.8) is 0 Å². The highest BCUT2D eigenvalue weighted by Crippen LogP contribution is 2.05. The van der Waals surface area contributed by atoms with E-state index in [0.29, 0.717) is 0 Å². The molecule has 2 radical (unpaired) electrons. The van der Waals surface area contributed by atoms with Crippen molar-refractivity contribution in [1.29, 1.82) is 0 Å². The average Bonchev–Trinajstić information content (AvgIpc) is 2.06. The van der Waals surface area contributed by atoms with E-state index in [4.69, 9.17) is 0 Å². The normalized spacial score (nSPS) is 9.31. The monoisotopic (exact) mass is 190 g/mol. The van der Waals surface area contributed by atoms with Gasteiger partial charge in [0.2, 0.25) is 0 Å². The first-order valence-corrected chi connectivity index (χ1v) is 5.60. The van der Waals surface area contributed by atoms with Crippen LogP contribution < -0.4 is 4.43 Å². The maximum Gasteiger partial charge on any atom is 0.175 e. The fourth-order valence-corrected chi connectivity index (χ4v) is 1.52. The predicted molar refractivity (Wildman–Crippen MR) is 61.7 cm³/mol. The molecule has 0 N–H and O–H groups in total. The Kier molecular flexibility index (Phi) is 7.05. The van der Waals surface area contributed by atoms with Gasteiger partial charge in [-0.2, -0.15) is 0 Å². The highest BCUT2D eigenvalue weighted by Gasteiger charge is 1.95. The molecule has 0 unspecified atom stereocenters. The summed E-state index contributed by atoms with van der Waals surface area (Å²) in [6.07, 6.45) is 1.18. The van der Waals surface area contributed by atoms with Crippen LogP contribution in [0.4, 0.5) is 0 Å². The lowest BCUT2D eigenvalue weighted by Gasteiger charge is -2.05. The Balaban J connectivity index is 0.000000671. The molecule has 0 heterocycles. The van der Waals surface area contributed by atoms with Crippen molar-refractivity contribution in [2.45, 2.75) is 34.1 Å². The van der Waals surface area contributed by atoms with Crippen LogP contribution in [-0.2, 0) is 6.42 Å². The fraction of sp³-hybridized carbons (Fsp3) is 0.500. The van der Waals surface area contributed by atoms with Crippen LogP contribution in [0.3, 0.4) is 0 Å². The van der Waals surface area contributed by atoms with Gasteiger partial charge in [0.05, 0.1) is 0 Å². The van der Waals surface area contributed by atoms with Crippen molar-refractivity contribution < 1.29 is 0 Å². The van der Waals surface area contributed by atoms with Crippen molar-refractivity contribution in [3.8, 4) is 0 Å². The lowest BCUT2D eigenvalue weighted by atomic mass is 10.0. The Hall–Kier alpha value is -0.248. The molecule has 0 nitrogen and oxygen atoms in total. The third-order valence-corrected chi connectivity index (χ3v) is 1.95. The molecule has 0 aliphatic rings. The van der Waals surface area contributed by atoms with Crippen molar-refractivity contribution in [3.05, 3.63) is 29.8 Å². The first-order valence-electron chi connectivity index (χ1n) is 5.03. The smallest absolute Gasteiger partial charge is 0.139 e. The van der Waals surface area contributed by atoms with E-state index >= 15 is 0 Å². The third-order valence-electron chi connectivity index (χ3n) is 1.59. The molecule has 0 aliphatic heterocycles. The quantitative estimate of drug-likeness (QED) is 0.629. The largest absolute Gasteiger partial charge is 0.175 e. The maximum absolute atomic E-state index is 2.72. The van der Waals surface area contributed by atoms with E-state index in [2.05, 4.69) is 54.4 Å². The van der Waals surface area contributed by atoms with Crippen LogP contribution in [-0.4, -0.2) is 16.3 Å². The van der Waals surface area contributed by atoms with Crippen LogP contribution >= 0.6 is 0 Å². The Morgan fingerprint density at radius 3 is 2.31 bits per heavy atom. The molecule has 0 atom stereocenters. The highest BCUT2D eigenvalue weighted by molar-refractivity contribution is 6.32. The maximum atomic E-state index is 2.72. The van der Waals surface area contributed by atoms with Crippen LogP contribution in [0.25, 0.3) is 0 Å². The summed E-state index contributed by atoms with van der Waals surface area (Å²) in [6.45, 7) is 8.49. The minimum atomic E-state index is 0.752. The number of hydrogen-bond acceptors (Lipinski definition) is 0. The van der Waals surface area contributed by atoms with E-state index in [1.807, 2.05) is 13.8 Å². The third kappa shape index (κ3) is 5.91. The van der Waals surface area contributed by atoms with Gasteiger partial charge in [0.15, 0.2) is 16.3 Å². The molecule has 0 fully saturated rings. The minimum Gasteiger partial charge on any atom is -0.139 e. The molecule has 0 spiro atoms. The molecule has 0 bridgehead atoms. The van der Waals surface area contributed by atoms with Gasteiger partial charge in [-0.05, 0) is 17.9 Å². The van der Waals surface area contributed by atoms with Crippen molar-refractivity contribution in [2.75, 3.05) is 0 Å². The number of rotatable bonds is 2. The molecule has 1 aromatic rings. The van der Waals surface area contributed by atoms with Gasteiger partial charge >= 0.3 is 0 Å². The second kappa shape index (κ2) is 7.18. The first-order chi connectivity index (χ1) is 6.18. The summed E-state index contributed by atoms with van der Waals surface area (Å²) in [7, 11) is 0. The molecule has 70 valence electrons. The number of hydrogen-bond donors (Lipinski definition) is 0. The van der Waals surface area contributed by atoms with Crippen molar-refractivity contribution >= 4 is 20.7 Å². The average molecular weight is 190 g/mol. The molecule has 0 saturated carbocycles. The van der Waals surface area contributed by atoms with Crippen LogP contribution in [0.5, 0.6) is 0 Å². The standard InChI is InChI=1S/C10H13.C2H6.Al/c1-9(2)8-10-6-4-3-5-7-10;1-2;/h3-4,6-7,9H,8H2,1-2H3;1-2H3;. The molecular formula is C12H19Al. The summed E-state index contributed by atoms with van der Waals surface area (Å²) in [5, 5.41) is 0. The van der Waals surface area contributed by atoms with Crippen molar-refractivity contribution in [1.82, 2.24) is 0 Å². The van der Waals surface area contributed by atoms with Gasteiger partial charge in [-0.3, -0.25) is 0 Å². The summed E-state index contributed by atoms with van der Waals surface area (Å²) < 4.78 is 1.28. The fourth-order valence-electron chi connectivity index (χ4n) is 1.19. The predicted octanol–water partition coefficient (Wildman–Crippen LogP) is 2.71. The molecule has 1 rings (SSSR count). The Bertz CT molecular complexity index is 228. The van der Waals surface area contributed by atoms with E-state index in [1.54, 1.807) is 0 Å². The van der Waals surface area contributed by atoms with Gasteiger partial charge in [0, 0.05) is 0 Å². The Morgan fingerprint density at radius 1 is 1.23 bits per heavy atom. The van der Waals surface area contributed by atoms with Crippen LogP contribution in [0.1, 0.15) is 33.3 Å². The summed E-state index contributed by atoms with van der Waals surface area (Å²) >= 11 is 2.72. The van der Waals surface area contributed by atoms with Crippen LogP contribution in [0, 0.1) is 5.92 Å². The van der Waals surface area contributed by atoms with Crippen LogP contribution in [0.2, 0.25) is 0 Å². The number of benzene rings is 1. The molecule has 1 heteroatoms. The lowest BCUT2D eigenvalue weighted by molar-refractivity contribution is 0.647. The van der Waals surface area contributed by atoms with Gasteiger partial charge in [-0.1, -0.05) is 52.0 Å². The van der Waals surface area contributed by atoms with E-state index in [9.17, 15) is 0 Å². The van der Waals surface area contributed by atoms with Gasteiger partial charge in [-0.25, -0.2) is 0 Å². The van der Waals surface area contributed by atoms with Gasteiger partial charge in [-0.15, -0.1) is 4.43 Å². The Morgan fingerprint density at radius 2 is 1.85 bits per heavy atom. The first kappa shape index (κ1) is 12.8. The molecule has 13 heavy (non-hydrogen) atoms. The molecule has 0 aromatic heterocycles. The topological polar surface area (TPSA) is 0 Å². The molecule has 0 saturated heterocycles. The van der Waals surface area contributed by atoms with Crippen molar-refractivity contribution in [2.24, 2.45) is 5.92 Å². The summed E-state index contributed by atoms with van der Waals surface area (Å²) in [6, 6.07) is 8.63.